The van der Waals surface area contributed by atoms with Crippen LogP contribution < -0.4 is 5.32 Å². The largest absolute Gasteiger partial charge is 0.436 e. The van der Waals surface area contributed by atoms with Crippen LogP contribution in [0.15, 0.2) is 47.4 Å². The summed E-state index contributed by atoms with van der Waals surface area (Å²) < 4.78 is 7.72. The van der Waals surface area contributed by atoms with E-state index in [4.69, 9.17) is 9.40 Å². The van der Waals surface area contributed by atoms with Crippen LogP contribution in [0.2, 0.25) is 0 Å². The highest BCUT2D eigenvalue weighted by molar-refractivity contribution is 6.00. The summed E-state index contributed by atoms with van der Waals surface area (Å²) in [5, 5.41) is 9.01. The first kappa shape index (κ1) is 18.6. The third-order valence-electron chi connectivity index (χ3n) is 5.65. The highest BCUT2D eigenvalue weighted by Gasteiger charge is 2.30. The maximum absolute atomic E-state index is 12.2. The molecule has 1 amide bonds. The lowest BCUT2D eigenvalue weighted by molar-refractivity contribution is -0.117. The lowest BCUT2D eigenvalue weighted by Crippen LogP contribution is -2.14. The number of anilines is 1. The fourth-order valence-electron chi connectivity index (χ4n) is 3.73. The van der Waals surface area contributed by atoms with E-state index in [1.54, 1.807) is 23.4 Å². The van der Waals surface area contributed by atoms with Crippen molar-refractivity contribution in [2.24, 2.45) is 13.0 Å². The van der Waals surface area contributed by atoms with E-state index >= 15 is 0 Å². The number of aryl methyl sites for hydroxylation is 2. The second-order valence-corrected chi connectivity index (χ2v) is 8.08. The molecule has 4 heterocycles. The van der Waals surface area contributed by atoms with Gasteiger partial charge in [0.25, 0.3) is 0 Å². The zero-order valence-corrected chi connectivity index (χ0v) is 17.5. The summed E-state index contributed by atoms with van der Waals surface area (Å²) in [6.45, 7) is 1.93. The first-order chi connectivity index (χ1) is 15.5. The first-order valence-electron chi connectivity index (χ1n) is 10.4. The van der Waals surface area contributed by atoms with E-state index in [9.17, 15) is 4.79 Å². The van der Waals surface area contributed by atoms with Crippen LogP contribution in [0.3, 0.4) is 0 Å². The van der Waals surface area contributed by atoms with Gasteiger partial charge in [-0.15, -0.1) is 0 Å². The molecule has 9 heteroatoms. The second-order valence-electron chi connectivity index (χ2n) is 8.08. The van der Waals surface area contributed by atoms with Crippen LogP contribution >= 0.6 is 0 Å². The number of hydrogen-bond acceptors (Lipinski definition) is 7. The van der Waals surface area contributed by atoms with Crippen LogP contribution in [0.1, 0.15) is 18.5 Å². The van der Waals surface area contributed by atoms with Crippen molar-refractivity contribution in [3.8, 4) is 22.8 Å². The maximum atomic E-state index is 12.2. The molecule has 1 aliphatic carbocycles. The molecule has 0 bridgehead atoms. The molecule has 6 rings (SSSR count). The molecule has 0 aliphatic heterocycles. The van der Waals surface area contributed by atoms with Crippen LogP contribution in [-0.2, 0) is 11.8 Å². The van der Waals surface area contributed by atoms with Gasteiger partial charge in [0, 0.05) is 47.4 Å². The molecule has 1 fully saturated rings. The normalized spacial score (nSPS) is 13.7. The third-order valence-corrected chi connectivity index (χ3v) is 5.65. The van der Waals surface area contributed by atoms with Gasteiger partial charge in [0.15, 0.2) is 11.4 Å². The Balaban J connectivity index is 1.44. The van der Waals surface area contributed by atoms with Gasteiger partial charge in [-0.1, -0.05) is 0 Å². The molecule has 158 valence electrons. The highest BCUT2D eigenvalue weighted by atomic mass is 16.3. The van der Waals surface area contributed by atoms with Crippen LogP contribution in [0.25, 0.3) is 44.7 Å². The van der Waals surface area contributed by atoms with Crippen molar-refractivity contribution in [2.75, 3.05) is 5.32 Å². The predicted molar refractivity (Wildman–Crippen MR) is 119 cm³/mol. The van der Waals surface area contributed by atoms with Gasteiger partial charge in [-0.05, 0) is 44.0 Å². The molecule has 9 nitrogen and oxygen atoms in total. The van der Waals surface area contributed by atoms with Crippen molar-refractivity contribution in [2.45, 2.75) is 19.8 Å². The molecule has 1 aromatic carbocycles. The Kier molecular flexibility index (Phi) is 4.04. The number of nitrogens with one attached hydrogen (secondary N) is 1. The van der Waals surface area contributed by atoms with Crippen LogP contribution in [0.4, 0.5) is 5.82 Å². The molecular formula is C23H19N7O2. The van der Waals surface area contributed by atoms with Gasteiger partial charge < -0.3 is 9.73 Å². The Hall–Kier alpha value is -4.14. The lowest BCUT2D eigenvalue weighted by atomic mass is 10.1. The number of aromatic nitrogens is 6. The Morgan fingerprint density at radius 1 is 1.12 bits per heavy atom. The molecule has 0 unspecified atom stereocenters. The highest BCUT2D eigenvalue weighted by Crippen LogP contribution is 2.34. The molecule has 0 saturated heterocycles. The van der Waals surface area contributed by atoms with Crippen molar-refractivity contribution in [3.05, 3.63) is 48.7 Å². The maximum Gasteiger partial charge on any atom is 0.229 e. The molecule has 32 heavy (non-hydrogen) atoms. The van der Waals surface area contributed by atoms with Gasteiger partial charge in [0.05, 0.1) is 5.56 Å². The first-order valence-corrected chi connectivity index (χ1v) is 10.4. The summed E-state index contributed by atoms with van der Waals surface area (Å²) >= 11 is 0. The molecule has 1 saturated carbocycles. The number of oxazole rings is 1. The molecule has 5 aromatic rings. The summed E-state index contributed by atoms with van der Waals surface area (Å²) in [6.07, 6.45) is 7.01. The molecule has 1 aliphatic rings. The second kappa shape index (κ2) is 6.94. The summed E-state index contributed by atoms with van der Waals surface area (Å²) in [6, 6.07) is 7.54. The summed E-state index contributed by atoms with van der Waals surface area (Å²) in [5.74, 6) is 1.71. The Morgan fingerprint density at radius 3 is 2.78 bits per heavy atom. The van der Waals surface area contributed by atoms with Crippen LogP contribution in [0.5, 0.6) is 0 Å². The number of hydrogen-bond donors (Lipinski definition) is 1. The molecule has 0 radical (unpaired) electrons. The monoisotopic (exact) mass is 425 g/mol. The molecule has 1 N–H and O–H groups in total. The number of pyridine rings is 2. The van der Waals surface area contributed by atoms with E-state index in [1.807, 2.05) is 38.2 Å². The average Bonchev–Trinajstić information content (AvgIpc) is 3.42. The predicted octanol–water partition coefficient (Wildman–Crippen LogP) is 3.89. The van der Waals surface area contributed by atoms with Crippen molar-refractivity contribution in [1.82, 2.24) is 29.7 Å². The minimum atomic E-state index is 0.0155. The van der Waals surface area contributed by atoms with Gasteiger partial charge in [0.1, 0.15) is 17.7 Å². The number of rotatable bonds is 4. The fourth-order valence-corrected chi connectivity index (χ4v) is 3.73. The average molecular weight is 425 g/mol. The number of fused-ring (bicyclic) bond motifs is 2. The zero-order chi connectivity index (χ0) is 21.8. The van der Waals surface area contributed by atoms with E-state index < -0.39 is 0 Å². The van der Waals surface area contributed by atoms with Crippen LogP contribution in [0, 0.1) is 12.8 Å². The van der Waals surface area contributed by atoms with Crippen molar-refractivity contribution in [1.29, 1.82) is 0 Å². The lowest BCUT2D eigenvalue weighted by Gasteiger charge is -2.08. The number of benzene rings is 1. The van der Waals surface area contributed by atoms with E-state index in [0.29, 0.717) is 28.6 Å². The number of nitrogens with zero attached hydrogens (tertiary/aromatic N) is 6. The zero-order valence-electron chi connectivity index (χ0n) is 17.5. The Morgan fingerprint density at radius 2 is 2.00 bits per heavy atom. The van der Waals surface area contributed by atoms with E-state index in [0.717, 1.165) is 40.4 Å². The van der Waals surface area contributed by atoms with Gasteiger partial charge in [0.2, 0.25) is 11.8 Å². The standard InChI is InChI=1S/C23H19N7O2/c1-12-16-9-25-20(28-22(31)13-3-4-13)8-15(16)17(10-24-12)23-27-18-7-14(5-6-19(18)32-23)21-26-11-30(2)29-21/h5-11,13H,3-4H2,1-2H3,(H,25,28,31). The summed E-state index contributed by atoms with van der Waals surface area (Å²) in [4.78, 5) is 30.1. The Labute approximate surface area is 182 Å². The summed E-state index contributed by atoms with van der Waals surface area (Å²) in [5.41, 5.74) is 3.80. The topological polar surface area (TPSA) is 112 Å². The molecule has 0 atom stereocenters. The van der Waals surface area contributed by atoms with Gasteiger partial charge in [-0.25, -0.2) is 15.0 Å². The van der Waals surface area contributed by atoms with Gasteiger partial charge >= 0.3 is 0 Å². The van der Waals surface area contributed by atoms with Crippen molar-refractivity contribution in [3.63, 3.8) is 0 Å². The molecule has 4 aromatic heterocycles. The van der Waals surface area contributed by atoms with Gasteiger partial charge in [-0.3, -0.25) is 14.5 Å². The quantitative estimate of drug-likeness (QED) is 0.465. The number of carbonyl (C=O) groups is 1. The van der Waals surface area contributed by atoms with Crippen LogP contribution in [-0.4, -0.2) is 35.6 Å². The van der Waals surface area contributed by atoms with E-state index in [-0.39, 0.29) is 11.8 Å². The number of amides is 1. The van der Waals surface area contributed by atoms with Crippen molar-refractivity contribution >= 4 is 33.6 Å². The minimum Gasteiger partial charge on any atom is -0.436 e. The van der Waals surface area contributed by atoms with E-state index in [1.165, 1.54) is 0 Å². The fraction of sp³-hybridized carbons (Fsp3) is 0.217. The van der Waals surface area contributed by atoms with E-state index in [2.05, 4.69) is 25.4 Å². The molecule has 0 spiro atoms. The summed E-state index contributed by atoms with van der Waals surface area (Å²) in [7, 11) is 1.83. The minimum absolute atomic E-state index is 0.0155. The third kappa shape index (κ3) is 3.18. The Bertz CT molecular complexity index is 1510. The molecular weight excluding hydrogens is 406 g/mol. The van der Waals surface area contributed by atoms with Gasteiger partial charge in [-0.2, -0.15) is 5.10 Å². The smallest absolute Gasteiger partial charge is 0.229 e. The SMILES string of the molecule is Cc1ncc(-c2nc3cc(-c4ncn(C)n4)ccc3o2)c2cc(NC(=O)C3CC3)ncc12. The number of carbonyl (C=O) groups excluding carboxylic acids is 1. The van der Waals surface area contributed by atoms with Crippen molar-refractivity contribution < 1.29 is 9.21 Å².